The summed E-state index contributed by atoms with van der Waals surface area (Å²) in [6.45, 7) is 2.20. The molecule has 0 N–H and O–H groups in total. The van der Waals surface area contributed by atoms with Crippen molar-refractivity contribution >= 4 is 33.3 Å². The van der Waals surface area contributed by atoms with E-state index >= 15 is 0 Å². The standard InChI is InChI=1S/C20H18N4S2/c1-13(19-21-16-9-5-6-10-17(16)26-19)25-20-23-22-18(14-11-12-14)24(20)15-7-3-2-4-8-15/h2-10,13-14H,11-12H2,1H3. The summed E-state index contributed by atoms with van der Waals surface area (Å²) >= 11 is 3.50. The van der Waals surface area contributed by atoms with E-state index in [1.54, 1.807) is 23.1 Å². The van der Waals surface area contributed by atoms with Crippen LogP contribution in [0.1, 0.15) is 41.8 Å². The first kappa shape index (κ1) is 16.0. The van der Waals surface area contributed by atoms with Crippen LogP contribution in [0.4, 0.5) is 0 Å². The van der Waals surface area contributed by atoms with Crippen LogP contribution < -0.4 is 0 Å². The predicted octanol–water partition coefficient (Wildman–Crippen LogP) is 5.61. The molecule has 2 heterocycles. The number of hydrogen-bond donors (Lipinski definition) is 0. The molecule has 4 aromatic rings. The maximum absolute atomic E-state index is 4.81. The Balaban J connectivity index is 1.50. The molecule has 1 aliphatic carbocycles. The van der Waals surface area contributed by atoms with Crippen molar-refractivity contribution in [3.63, 3.8) is 0 Å². The van der Waals surface area contributed by atoms with Crippen LogP contribution in [0.25, 0.3) is 15.9 Å². The molecule has 5 rings (SSSR count). The summed E-state index contributed by atoms with van der Waals surface area (Å²) in [5, 5.41) is 11.4. The Morgan fingerprint density at radius 3 is 2.58 bits per heavy atom. The topological polar surface area (TPSA) is 43.6 Å². The lowest BCUT2D eigenvalue weighted by molar-refractivity contribution is 0.826. The monoisotopic (exact) mass is 378 g/mol. The van der Waals surface area contributed by atoms with Crippen molar-refractivity contribution in [2.75, 3.05) is 0 Å². The molecular weight excluding hydrogens is 360 g/mol. The number of thioether (sulfide) groups is 1. The molecule has 1 saturated carbocycles. The number of para-hydroxylation sites is 2. The van der Waals surface area contributed by atoms with E-state index in [1.165, 1.54) is 17.5 Å². The molecule has 0 aliphatic heterocycles. The Morgan fingerprint density at radius 1 is 1.04 bits per heavy atom. The summed E-state index contributed by atoms with van der Waals surface area (Å²) in [5.74, 6) is 1.64. The van der Waals surface area contributed by atoms with E-state index in [4.69, 9.17) is 4.98 Å². The average Bonchev–Trinajstić information content (AvgIpc) is 3.28. The van der Waals surface area contributed by atoms with Crippen molar-refractivity contribution in [2.24, 2.45) is 0 Å². The van der Waals surface area contributed by atoms with Crippen molar-refractivity contribution in [3.05, 3.63) is 65.4 Å². The molecule has 2 aromatic heterocycles. The van der Waals surface area contributed by atoms with Crippen molar-refractivity contribution < 1.29 is 0 Å². The van der Waals surface area contributed by atoms with Gasteiger partial charge in [0, 0.05) is 11.6 Å². The highest BCUT2D eigenvalue weighted by molar-refractivity contribution is 7.99. The van der Waals surface area contributed by atoms with E-state index < -0.39 is 0 Å². The zero-order valence-corrected chi connectivity index (χ0v) is 16.0. The summed E-state index contributed by atoms with van der Waals surface area (Å²) in [4.78, 5) is 4.81. The van der Waals surface area contributed by atoms with Crippen LogP contribution in [0.5, 0.6) is 0 Å². The Morgan fingerprint density at radius 2 is 1.81 bits per heavy atom. The van der Waals surface area contributed by atoms with Gasteiger partial charge in [0.05, 0.1) is 15.5 Å². The van der Waals surface area contributed by atoms with E-state index in [2.05, 4.69) is 64.2 Å². The van der Waals surface area contributed by atoms with Gasteiger partial charge < -0.3 is 0 Å². The van der Waals surface area contributed by atoms with Crippen LogP contribution in [0, 0.1) is 0 Å². The molecule has 0 saturated heterocycles. The SMILES string of the molecule is CC(Sc1nnc(C2CC2)n1-c1ccccc1)c1nc2ccccc2s1. The number of fused-ring (bicyclic) bond motifs is 1. The van der Waals surface area contributed by atoms with E-state index in [0.717, 1.165) is 27.2 Å². The first-order valence-electron chi connectivity index (χ1n) is 8.82. The Hall–Kier alpha value is -2.18. The lowest BCUT2D eigenvalue weighted by Gasteiger charge is -2.12. The molecule has 26 heavy (non-hydrogen) atoms. The van der Waals surface area contributed by atoms with Crippen LogP contribution in [0.15, 0.2) is 59.8 Å². The number of nitrogens with zero attached hydrogens (tertiary/aromatic N) is 4. The number of benzene rings is 2. The van der Waals surface area contributed by atoms with Crippen LogP contribution in [0.2, 0.25) is 0 Å². The van der Waals surface area contributed by atoms with Crippen molar-refractivity contribution in [3.8, 4) is 5.69 Å². The fourth-order valence-electron chi connectivity index (χ4n) is 3.06. The predicted molar refractivity (Wildman–Crippen MR) is 107 cm³/mol. The number of thiazole rings is 1. The van der Waals surface area contributed by atoms with Gasteiger partial charge in [0.1, 0.15) is 10.8 Å². The van der Waals surface area contributed by atoms with Gasteiger partial charge in [-0.3, -0.25) is 4.57 Å². The summed E-state index contributed by atoms with van der Waals surface area (Å²) < 4.78 is 3.46. The van der Waals surface area contributed by atoms with Gasteiger partial charge in [0.15, 0.2) is 5.16 Å². The van der Waals surface area contributed by atoms with Crippen LogP contribution in [-0.4, -0.2) is 19.7 Å². The number of hydrogen-bond acceptors (Lipinski definition) is 5. The van der Waals surface area contributed by atoms with Gasteiger partial charge in [-0.1, -0.05) is 42.1 Å². The van der Waals surface area contributed by atoms with Gasteiger partial charge in [0.25, 0.3) is 0 Å². The van der Waals surface area contributed by atoms with Gasteiger partial charge >= 0.3 is 0 Å². The molecule has 1 aliphatic rings. The molecule has 1 atom stereocenters. The molecule has 130 valence electrons. The highest BCUT2D eigenvalue weighted by atomic mass is 32.2. The first-order chi connectivity index (χ1) is 12.8. The summed E-state index contributed by atoms with van der Waals surface area (Å²) in [7, 11) is 0. The van der Waals surface area contributed by atoms with Gasteiger partial charge in [-0.15, -0.1) is 21.5 Å². The minimum Gasteiger partial charge on any atom is -0.274 e. The zero-order valence-electron chi connectivity index (χ0n) is 14.4. The van der Waals surface area contributed by atoms with E-state index in [9.17, 15) is 0 Å². The lowest BCUT2D eigenvalue weighted by Crippen LogP contribution is -2.02. The van der Waals surface area contributed by atoms with Crippen LogP contribution >= 0.6 is 23.1 Å². The molecule has 2 aromatic carbocycles. The summed E-state index contributed by atoms with van der Waals surface area (Å²) in [5.41, 5.74) is 2.21. The Kier molecular flexibility index (Phi) is 4.02. The normalized spacial score (nSPS) is 15.4. The molecule has 0 bridgehead atoms. The molecule has 0 radical (unpaired) electrons. The third-order valence-electron chi connectivity index (χ3n) is 4.56. The Bertz CT molecular complexity index is 1020. The summed E-state index contributed by atoms with van der Waals surface area (Å²) in [6, 6.07) is 18.7. The van der Waals surface area contributed by atoms with Gasteiger partial charge in [-0.25, -0.2) is 4.98 Å². The second-order valence-electron chi connectivity index (χ2n) is 6.57. The first-order valence-corrected chi connectivity index (χ1v) is 10.5. The molecule has 4 nitrogen and oxygen atoms in total. The fraction of sp³-hybridized carbons (Fsp3) is 0.250. The van der Waals surface area contributed by atoms with Gasteiger partial charge in [-0.05, 0) is 44.0 Å². The summed E-state index contributed by atoms with van der Waals surface area (Å²) in [6.07, 6.45) is 2.42. The Labute approximate surface area is 160 Å². The maximum atomic E-state index is 4.81. The fourth-order valence-corrected chi connectivity index (χ4v) is 5.11. The number of rotatable bonds is 5. The third kappa shape index (κ3) is 2.93. The average molecular weight is 379 g/mol. The van der Waals surface area contributed by atoms with Crippen LogP contribution in [-0.2, 0) is 0 Å². The highest BCUT2D eigenvalue weighted by Crippen LogP contribution is 2.43. The largest absolute Gasteiger partial charge is 0.274 e. The maximum Gasteiger partial charge on any atom is 0.196 e. The van der Waals surface area contributed by atoms with Crippen LogP contribution in [0.3, 0.4) is 0 Å². The smallest absolute Gasteiger partial charge is 0.196 e. The molecule has 1 fully saturated rings. The minimum atomic E-state index is 0.228. The lowest BCUT2D eigenvalue weighted by atomic mass is 10.3. The second-order valence-corrected chi connectivity index (χ2v) is 8.94. The zero-order chi connectivity index (χ0) is 17.5. The van der Waals surface area contributed by atoms with Gasteiger partial charge in [-0.2, -0.15) is 0 Å². The van der Waals surface area contributed by atoms with Crippen molar-refractivity contribution in [2.45, 2.75) is 36.1 Å². The second kappa shape index (κ2) is 6.52. The number of aromatic nitrogens is 4. The molecule has 0 amide bonds. The van der Waals surface area contributed by atoms with Gasteiger partial charge in [0.2, 0.25) is 0 Å². The highest BCUT2D eigenvalue weighted by Gasteiger charge is 2.31. The van der Waals surface area contributed by atoms with E-state index in [0.29, 0.717) is 5.92 Å². The quantitative estimate of drug-likeness (QED) is 0.424. The molecular formula is C20H18N4S2. The molecule has 6 heteroatoms. The minimum absolute atomic E-state index is 0.228. The molecule has 1 unspecified atom stereocenters. The molecule has 0 spiro atoms. The third-order valence-corrected chi connectivity index (χ3v) is 6.98. The van der Waals surface area contributed by atoms with E-state index in [-0.39, 0.29) is 5.25 Å². The van der Waals surface area contributed by atoms with Crippen molar-refractivity contribution in [1.29, 1.82) is 0 Å². The van der Waals surface area contributed by atoms with Crippen molar-refractivity contribution in [1.82, 2.24) is 19.7 Å². The van der Waals surface area contributed by atoms with E-state index in [1.807, 2.05) is 12.1 Å².